The van der Waals surface area contributed by atoms with Crippen LogP contribution in [-0.4, -0.2) is 57.4 Å². The number of aromatic nitrogens is 4. The Hall–Kier alpha value is -4.05. The molecule has 0 radical (unpaired) electrons. The third-order valence-corrected chi connectivity index (χ3v) is 5.46. The van der Waals surface area contributed by atoms with Gasteiger partial charge in [-0.3, -0.25) is 18.7 Å². The van der Waals surface area contributed by atoms with Crippen molar-refractivity contribution >= 4 is 40.3 Å². The molecule has 1 amide bonds. The molecule has 1 saturated heterocycles. The van der Waals surface area contributed by atoms with Gasteiger partial charge in [-0.1, -0.05) is 18.1 Å². The Morgan fingerprint density at radius 1 is 1.17 bits per heavy atom. The number of fused-ring (bicyclic) bond motifs is 1. The third kappa shape index (κ3) is 4.92. The van der Waals surface area contributed by atoms with Gasteiger partial charge in [0.15, 0.2) is 11.2 Å². The highest BCUT2D eigenvalue weighted by Gasteiger charge is 2.39. The summed E-state index contributed by atoms with van der Waals surface area (Å²) in [7, 11) is 1.49. The van der Waals surface area contributed by atoms with Crippen LogP contribution in [0.2, 0.25) is 0 Å². The molecule has 1 aliphatic rings. The monoisotopic (exact) mass is 488 g/mol. The molecule has 1 aliphatic heterocycles. The van der Waals surface area contributed by atoms with Crippen molar-refractivity contribution in [2.45, 2.75) is 19.6 Å². The topological polar surface area (TPSA) is 109 Å². The van der Waals surface area contributed by atoms with Crippen LogP contribution in [0.3, 0.4) is 0 Å². The average Bonchev–Trinajstić information content (AvgIpc) is 3.20. The van der Waals surface area contributed by atoms with Crippen LogP contribution >= 0.6 is 0 Å². The van der Waals surface area contributed by atoms with E-state index in [1.54, 1.807) is 17.6 Å². The minimum Gasteiger partial charge on any atom is -0.340 e. The van der Waals surface area contributed by atoms with Crippen molar-refractivity contribution in [1.82, 2.24) is 24.4 Å². The molecular formula is C22H23F3N8O2. The molecule has 10 nitrogen and oxygen atoms in total. The maximum absolute atomic E-state index is 13.3. The first-order chi connectivity index (χ1) is 16.7. The van der Waals surface area contributed by atoms with E-state index in [4.69, 9.17) is 0 Å². The number of carbonyl (C=O) groups is 1. The van der Waals surface area contributed by atoms with E-state index in [0.29, 0.717) is 19.0 Å². The summed E-state index contributed by atoms with van der Waals surface area (Å²) in [6.45, 7) is 4.88. The van der Waals surface area contributed by atoms with Crippen LogP contribution in [0.1, 0.15) is 6.92 Å². The van der Waals surface area contributed by atoms with Gasteiger partial charge in [-0.25, -0.2) is 0 Å². The number of halogens is 3. The quantitative estimate of drug-likeness (QED) is 0.470. The van der Waals surface area contributed by atoms with Gasteiger partial charge in [-0.2, -0.15) is 23.1 Å². The Bertz CT molecular complexity index is 1380. The summed E-state index contributed by atoms with van der Waals surface area (Å²) >= 11 is 0. The highest BCUT2D eigenvalue weighted by Crippen LogP contribution is 2.27. The van der Waals surface area contributed by atoms with E-state index < -0.39 is 17.6 Å². The standard InChI is InChI=1S/C22H23F3N8O2/c1-3-4-11-33-16-17(30-21(33)32-12-9-26-10-13-32)29-20(31(2)18(16)34)28-15-8-6-5-7-14(15)27-19(35)22(23,24)25/h5-8,26H,9-13H2,1-2H3,(H,27,35)(H,28,29). The average molecular weight is 488 g/mol. The van der Waals surface area contributed by atoms with Gasteiger partial charge in [-0.15, -0.1) is 5.92 Å². The number of carbonyl (C=O) groups excluding carboxylic acids is 1. The molecule has 0 atom stereocenters. The number of piperazine rings is 1. The Morgan fingerprint density at radius 2 is 1.86 bits per heavy atom. The van der Waals surface area contributed by atoms with Gasteiger partial charge in [0.25, 0.3) is 5.56 Å². The molecule has 3 N–H and O–H groups in total. The van der Waals surface area contributed by atoms with E-state index >= 15 is 0 Å². The molecule has 0 spiro atoms. The fourth-order valence-corrected chi connectivity index (χ4v) is 3.69. The van der Waals surface area contributed by atoms with Crippen molar-refractivity contribution in [3.8, 4) is 11.8 Å². The van der Waals surface area contributed by atoms with Crippen molar-refractivity contribution in [2.24, 2.45) is 7.05 Å². The molecule has 2 aromatic heterocycles. The Labute approximate surface area is 198 Å². The van der Waals surface area contributed by atoms with Crippen molar-refractivity contribution < 1.29 is 18.0 Å². The summed E-state index contributed by atoms with van der Waals surface area (Å²) in [6.07, 6.45) is -5.05. The first-order valence-electron chi connectivity index (χ1n) is 10.8. The minimum absolute atomic E-state index is 0.0503. The normalized spacial score (nSPS) is 13.9. The summed E-state index contributed by atoms with van der Waals surface area (Å²) < 4.78 is 41.2. The molecule has 184 valence electrons. The largest absolute Gasteiger partial charge is 0.471 e. The number of nitrogens with zero attached hydrogens (tertiary/aromatic N) is 5. The number of para-hydroxylation sites is 2. The maximum Gasteiger partial charge on any atom is 0.471 e. The molecular weight excluding hydrogens is 465 g/mol. The molecule has 3 heterocycles. The first-order valence-corrected chi connectivity index (χ1v) is 10.8. The van der Waals surface area contributed by atoms with Gasteiger partial charge in [-0.05, 0) is 19.1 Å². The summed E-state index contributed by atoms with van der Waals surface area (Å²) in [6, 6.07) is 5.82. The number of benzene rings is 1. The van der Waals surface area contributed by atoms with Gasteiger partial charge in [0.1, 0.15) is 0 Å². The summed E-state index contributed by atoms with van der Waals surface area (Å²) in [5.74, 6) is 4.31. The molecule has 0 unspecified atom stereocenters. The molecule has 4 rings (SSSR count). The Morgan fingerprint density at radius 3 is 2.51 bits per heavy atom. The van der Waals surface area contributed by atoms with Gasteiger partial charge in [0, 0.05) is 33.2 Å². The van der Waals surface area contributed by atoms with Crippen LogP contribution in [0.4, 0.5) is 36.4 Å². The van der Waals surface area contributed by atoms with E-state index in [0.717, 1.165) is 13.1 Å². The lowest BCUT2D eigenvalue weighted by Crippen LogP contribution is -2.44. The van der Waals surface area contributed by atoms with Crippen LogP contribution in [0.25, 0.3) is 11.2 Å². The van der Waals surface area contributed by atoms with Gasteiger partial charge >= 0.3 is 12.1 Å². The van der Waals surface area contributed by atoms with Crippen LogP contribution in [0.5, 0.6) is 0 Å². The molecule has 0 aliphatic carbocycles. The predicted molar refractivity (Wildman–Crippen MR) is 126 cm³/mol. The molecule has 3 aromatic rings. The maximum atomic E-state index is 13.3. The minimum atomic E-state index is -5.05. The second-order valence-corrected chi connectivity index (χ2v) is 7.76. The zero-order valence-electron chi connectivity index (χ0n) is 19.0. The number of alkyl halides is 3. The lowest BCUT2D eigenvalue weighted by molar-refractivity contribution is -0.167. The van der Waals surface area contributed by atoms with Gasteiger partial charge in [0.05, 0.1) is 17.9 Å². The van der Waals surface area contributed by atoms with Crippen LogP contribution in [-0.2, 0) is 18.4 Å². The van der Waals surface area contributed by atoms with Crippen molar-refractivity contribution in [2.75, 3.05) is 41.7 Å². The van der Waals surface area contributed by atoms with Gasteiger partial charge in [0.2, 0.25) is 11.9 Å². The lowest BCUT2D eigenvalue weighted by atomic mass is 10.2. The summed E-state index contributed by atoms with van der Waals surface area (Å²) in [5.41, 5.74) is 0.0629. The highest BCUT2D eigenvalue weighted by molar-refractivity contribution is 5.98. The molecule has 35 heavy (non-hydrogen) atoms. The first kappa shape index (κ1) is 24.1. The number of anilines is 4. The van der Waals surface area contributed by atoms with Crippen molar-refractivity contribution in [3.63, 3.8) is 0 Å². The molecule has 0 saturated carbocycles. The highest BCUT2D eigenvalue weighted by atomic mass is 19.4. The van der Waals surface area contributed by atoms with E-state index in [-0.39, 0.29) is 35.0 Å². The smallest absolute Gasteiger partial charge is 0.340 e. The number of imidazole rings is 1. The molecule has 0 bridgehead atoms. The van der Waals surface area contributed by atoms with Crippen LogP contribution in [0.15, 0.2) is 29.1 Å². The Balaban J connectivity index is 1.77. The van der Waals surface area contributed by atoms with Crippen LogP contribution < -0.4 is 26.4 Å². The third-order valence-electron chi connectivity index (χ3n) is 5.46. The molecule has 1 fully saturated rings. The van der Waals surface area contributed by atoms with Gasteiger partial charge < -0.3 is 20.9 Å². The fraction of sp³-hybridized carbons (Fsp3) is 0.364. The summed E-state index contributed by atoms with van der Waals surface area (Å²) in [4.78, 5) is 35.9. The van der Waals surface area contributed by atoms with E-state index in [1.807, 2.05) is 10.2 Å². The van der Waals surface area contributed by atoms with Crippen molar-refractivity contribution in [3.05, 3.63) is 34.6 Å². The second-order valence-electron chi connectivity index (χ2n) is 7.76. The van der Waals surface area contributed by atoms with Crippen LogP contribution in [0, 0.1) is 11.8 Å². The van der Waals surface area contributed by atoms with E-state index in [2.05, 4.69) is 32.4 Å². The van der Waals surface area contributed by atoms with Crippen molar-refractivity contribution in [1.29, 1.82) is 0 Å². The van der Waals surface area contributed by atoms with E-state index in [1.165, 1.54) is 29.8 Å². The number of hydrogen-bond donors (Lipinski definition) is 3. The SMILES string of the molecule is CC#CCn1c(N2CCNCC2)nc2nc(Nc3ccccc3NC(=O)C(F)(F)F)n(C)c(=O)c21. The molecule has 1 aromatic carbocycles. The predicted octanol–water partition coefficient (Wildman–Crippen LogP) is 1.81. The lowest BCUT2D eigenvalue weighted by Gasteiger charge is -2.28. The second kappa shape index (κ2) is 9.67. The zero-order valence-corrected chi connectivity index (χ0v) is 19.0. The number of rotatable bonds is 5. The number of nitrogens with one attached hydrogen (secondary N) is 3. The fourth-order valence-electron chi connectivity index (χ4n) is 3.69. The summed E-state index contributed by atoms with van der Waals surface area (Å²) in [5, 5.41) is 7.95. The number of hydrogen-bond acceptors (Lipinski definition) is 7. The molecule has 13 heteroatoms. The zero-order chi connectivity index (χ0) is 25.2. The number of amides is 1. The Kier molecular flexibility index (Phi) is 6.65. The van der Waals surface area contributed by atoms with E-state index in [9.17, 15) is 22.8 Å².